The Kier molecular flexibility index (Phi) is 3.87. The molecule has 0 bridgehead atoms. The topological polar surface area (TPSA) is 49.9 Å². The summed E-state index contributed by atoms with van der Waals surface area (Å²) in [7, 11) is 0. The van der Waals surface area contributed by atoms with E-state index in [9.17, 15) is 9.59 Å². The van der Waals surface area contributed by atoms with E-state index in [1.807, 2.05) is 9.80 Å². The van der Waals surface area contributed by atoms with Crippen LogP contribution in [0.5, 0.6) is 0 Å². The molecule has 0 N–H and O–H groups in total. The van der Waals surface area contributed by atoms with E-state index in [-0.39, 0.29) is 23.8 Å². The molecule has 5 nitrogen and oxygen atoms in total. The van der Waals surface area contributed by atoms with Gasteiger partial charge in [0.25, 0.3) is 0 Å². The molecule has 0 radical (unpaired) electrons. The number of carbonyl (C=O) groups excluding carboxylic acids is 2. The van der Waals surface area contributed by atoms with E-state index >= 15 is 0 Å². The molecule has 2 aliphatic heterocycles. The van der Waals surface area contributed by atoms with Crippen LogP contribution < -0.4 is 0 Å². The molecular weight excluding hydrogens is 292 g/mol. The normalized spacial score (nSPS) is 37.6. The molecule has 2 saturated heterocycles. The standard InChI is InChI=1S/C18H28N2O3/c1-13-6-8-18(9-7-13)20(16(21)14-4-5-14)15(12-23-18)17(22)19-10-2-3-11-19/h13-15H,2-12H2,1H3/t13?,15-,18?/m1/s1. The number of rotatable bonds is 2. The number of hydrogen-bond acceptors (Lipinski definition) is 3. The average Bonchev–Trinajstić information content (AvgIpc) is 3.14. The fourth-order valence-electron chi connectivity index (χ4n) is 4.47. The lowest BCUT2D eigenvalue weighted by atomic mass is 9.83. The molecule has 0 aromatic rings. The quantitative estimate of drug-likeness (QED) is 0.783. The van der Waals surface area contributed by atoms with Gasteiger partial charge in [-0.05, 0) is 57.3 Å². The molecule has 23 heavy (non-hydrogen) atoms. The molecule has 2 heterocycles. The smallest absolute Gasteiger partial charge is 0.247 e. The van der Waals surface area contributed by atoms with Crippen molar-refractivity contribution < 1.29 is 14.3 Å². The van der Waals surface area contributed by atoms with Crippen molar-refractivity contribution in [1.29, 1.82) is 0 Å². The van der Waals surface area contributed by atoms with Crippen LogP contribution in [0.4, 0.5) is 0 Å². The molecule has 2 amide bonds. The molecule has 4 aliphatic rings. The molecule has 1 atom stereocenters. The van der Waals surface area contributed by atoms with Gasteiger partial charge in [0.05, 0.1) is 6.61 Å². The summed E-state index contributed by atoms with van der Waals surface area (Å²) in [5.41, 5.74) is -0.494. The number of amides is 2. The fourth-order valence-corrected chi connectivity index (χ4v) is 4.47. The zero-order chi connectivity index (χ0) is 16.0. The van der Waals surface area contributed by atoms with Crippen LogP contribution in [0.3, 0.4) is 0 Å². The Morgan fingerprint density at radius 3 is 2.26 bits per heavy atom. The van der Waals surface area contributed by atoms with E-state index in [1.54, 1.807) is 0 Å². The van der Waals surface area contributed by atoms with E-state index in [0.717, 1.165) is 64.5 Å². The van der Waals surface area contributed by atoms with E-state index in [0.29, 0.717) is 12.5 Å². The molecule has 0 unspecified atom stereocenters. The van der Waals surface area contributed by atoms with Crippen LogP contribution >= 0.6 is 0 Å². The third-order valence-corrected chi connectivity index (χ3v) is 6.18. The van der Waals surface area contributed by atoms with Crippen molar-refractivity contribution in [2.75, 3.05) is 19.7 Å². The van der Waals surface area contributed by atoms with Crippen LogP contribution in [0.1, 0.15) is 58.3 Å². The summed E-state index contributed by atoms with van der Waals surface area (Å²) in [6, 6.07) is -0.380. The molecule has 0 aromatic carbocycles. The van der Waals surface area contributed by atoms with Crippen LogP contribution in [0.2, 0.25) is 0 Å². The SMILES string of the molecule is CC1CCC2(CC1)OC[C@H](C(=O)N1CCCC1)N2C(=O)C1CC1. The Bertz CT molecular complexity index is 488. The van der Waals surface area contributed by atoms with Gasteiger partial charge in [-0.15, -0.1) is 0 Å². The number of carbonyl (C=O) groups is 2. The minimum atomic E-state index is -0.494. The highest BCUT2D eigenvalue weighted by molar-refractivity contribution is 5.90. The van der Waals surface area contributed by atoms with Gasteiger partial charge in [0.15, 0.2) is 0 Å². The first kappa shape index (κ1) is 15.4. The predicted molar refractivity (Wildman–Crippen MR) is 85.5 cm³/mol. The highest BCUT2D eigenvalue weighted by Gasteiger charge is 2.56. The van der Waals surface area contributed by atoms with Gasteiger partial charge >= 0.3 is 0 Å². The van der Waals surface area contributed by atoms with Crippen LogP contribution in [0.25, 0.3) is 0 Å². The Balaban J connectivity index is 1.58. The molecule has 1 spiro atoms. The Morgan fingerprint density at radius 1 is 1.00 bits per heavy atom. The monoisotopic (exact) mass is 320 g/mol. The average molecular weight is 320 g/mol. The van der Waals surface area contributed by atoms with Crippen molar-refractivity contribution in [1.82, 2.24) is 9.80 Å². The van der Waals surface area contributed by atoms with E-state index in [4.69, 9.17) is 4.74 Å². The maximum Gasteiger partial charge on any atom is 0.247 e. The van der Waals surface area contributed by atoms with Gasteiger partial charge < -0.3 is 9.64 Å². The van der Waals surface area contributed by atoms with Crippen LogP contribution in [0.15, 0.2) is 0 Å². The van der Waals surface area contributed by atoms with Crippen molar-refractivity contribution in [3.63, 3.8) is 0 Å². The third kappa shape index (κ3) is 2.67. The van der Waals surface area contributed by atoms with Crippen LogP contribution in [-0.2, 0) is 14.3 Å². The van der Waals surface area contributed by atoms with Crippen molar-refractivity contribution >= 4 is 11.8 Å². The molecule has 4 rings (SSSR count). The zero-order valence-electron chi connectivity index (χ0n) is 14.1. The molecule has 128 valence electrons. The van der Waals surface area contributed by atoms with Crippen LogP contribution in [0, 0.1) is 11.8 Å². The lowest BCUT2D eigenvalue weighted by molar-refractivity contribution is -0.164. The number of likely N-dealkylation sites (tertiary alicyclic amines) is 1. The summed E-state index contributed by atoms with van der Waals surface area (Å²) < 4.78 is 6.19. The Morgan fingerprint density at radius 2 is 1.65 bits per heavy atom. The summed E-state index contributed by atoms with van der Waals surface area (Å²) in [6.07, 6.45) is 8.06. The molecular formula is C18H28N2O3. The highest BCUT2D eigenvalue weighted by Crippen LogP contribution is 2.45. The summed E-state index contributed by atoms with van der Waals surface area (Å²) >= 11 is 0. The van der Waals surface area contributed by atoms with Gasteiger partial charge in [-0.2, -0.15) is 0 Å². The lowest BCUT2D eigenvalue weighted by Crippen LogP contribution is -2.57. The van der Waals surface area contributed by atoms with Gasteiger partial charge in [0.1, 0.15) is 11.8 Å². The van der Waals surface area contributed by atoms with Crippen molar-refractivity contribution in [3.05, 3.63) is 0 Å². The molecule has 0 aromatic heterocycles. The van der Waals surface area contributed by atoms with E-state index in [2.05, 4.69) is 6.92 Å². The summed E-state index contributed by atoms with van der Waals surface area (Å²) in [6.45, 7) is 4.33. The predicted octanol–water partition coefficient (Wildman–Crippen LogP) is 2.15. The van der Waals surface area contributed by atoms with Crippen molar-refractivity contribution in [2.45, 2.75) is 70.1 Å². The zero-order valence-corrected chi connectivity index (χ0v) is 14.1. The Labute approximate surface area is 138 Å². The second-order valence-corrected chi connectivity index (χ2v) is 7.97. The third-order valence-electron chi connectivity index (χ3n) is 6.18. The van der Waals surface area contributed by atoms with Gasteiger partial charge in [-0.3, -0.25) is 14.5 Å². The summed E-state index contributed by atoms with van der Waals surface area (Å²) in [5, 5.41) is 0. The van der Waals surface area contributed by atoms with E-state index in [1.165, 1.54) is 0 Å². The van der Waals surface area contributed by atoms with Crippen molar-refractivity contribution in [2.24, 2.45) is 11.8 Å². The minimum Gasteiger partial charge on any atom is -0.353 e. The van der Waals surface area contributed by atoms with Gasteiger partial charge in [-0.25, -0.2) is 0 Å². The molecule has 2 aliphatic carbocycles. The second kappa shape index (κ2) is 5.76. The van der Waals surface area contributed by atoms with Gasteiger partial charge in [0, 0.05) is 19.0 Å². The first-order valence-corrected chi connectivity index (χ1v) is 9.37. The maximum atomic E-state index is 13.0. The van der Waals surface area contributed by atoms with Crippen LogP contribution in [-0.4, -0.2) is 53.1 Å². The lowest BCUT2D eigenvalue weighted by Gasteiger charge is -2.43. The fraction of sp³-hybridized carbons (Fsp3) is 0.889. The summed E-state index contributed by atoms with van der Waals surface area (Å²) in [5.74, 6) is 1.12. The van der Waals surface area contributed by atoms with E-state index < -0.39 is 5.72 Å². The number of ether oxygens (including phenoxy) is 1. The van der Waals surface area contributed by atoms with Crippen molar-refractivity contribution in [3.8, 4) is 0 Å². The van der Waals surface area contributed by atoms with Gasteiger partial charge in [-0.1, -0.05) is 6.92 Å². The highest BCUT2D eigenvalue weighted by atomic mass is 16.5. The molecule has 2 saturated carbocycles. The first-order valence-electron chi connectivity index (χ1n) is 9.37. The largest absolute Gasteiger partial charge is 0.353 e. The maximum absolute atomic E-state index is 13.0. The first-order chi connectivity index (χ1) is 11.1. The number of nitrogens with zero attached hydrogens (tertiary/aromatic N) is 2. The summed E-state index contributed by atoms with van der Waals surface area (Å²) in [4.78, 5) is 29.8. The molecule has 5 heteroatoms. The molecule has 4 fully saturated rings. The van der Waals surface area contributed by atoms with Gasteiger partial charge in [0.2, 0.25) is 11.8 Å². The Hall–Kier alpha value is -1.10. The minimum absolute atomic E-state index is 0.118. The second-order valence-electron chi connectivity index (χ2n) is 7.97. The number of hydrogen-bond donors (Lipinski definition) is 0.